The number of aromatic nitrogens is 2. The van der Waals surface area contributed by atoms with E-state index in [-0.39, 0.29) is 12.5 Å². The molecule has 0 aliphatic rings. The fourth-order valence-electron chi connectivity index (χ4n) is 1.87. The molecule has 1 amide bonds. The molecule has 1 aromatic heterocycles. The number of ether oxygens (including phenoxy) is 1. The first-order chi connectivity index (χ1) is 10.8. The van der Waals surface area contributed by atoms with E-state index in [0.29, 0.717) is 22.5 Å². The van der Waals surface area contributed by atoms with Crippen LogP contribution in [0.4, 0.5) is 5.69 Å². The van der Waals surface area contributed by atoms with E-state index in [0.717, 1.165) is 17.2 Å². The second kappa shape index (κ2) is 6.20. The zero-order valence-electron chi connectivity index (χ0n) is 11.3. The maximum Gasteiger partial charge on any atom is 0.262 e. The van der Waals surface area contributed by atoms with Crippen LogP contribution in [-0.4, -0.2) is 21.3 Å². The van der Waals surface area contributed by atoms with Crippen molar-refractivity contribution in [3.8, 4) is 11.8 Å². The largest absolute Gasteiger partial charge is 0.484 e. The summed E-state index contributed by atoms with van der Waals surface area (Å²) in [6.45, 7) is -0.125. The van der Waals surface area contributed by atoms with Crippen molar-refractivity contribution < 1.29 is 9.53 Å². The molecule has 6 nitrogen and oxygen atoms in total. The lowest BCUT2D eigenvalue weighted by Gasteiger charge is -2.07. The van der Waals surface area contributed by atoms with Crippen LogP contribution in [0.15, 0.2) is 42.5 Å². The molecule has 0 aliphatic heterocycles. The van der Waals surface area contributed by atoms with Gasteiger partial charge in [-0.25, -0.2) is 0 Å². The second-order valence-electron chi connectivity index (χ2n) is 4.41. The van der Waals surface area contributed by atoms with Crippen molar-refractivity contribution in [2.45, 2.75) is 0 Å². The number of nitrogens with zero attached hydrogens (tertiary/aromatic N) is 3. The van der Waals surface area contributed by atoms with E-state index in [9.17, 15) is 4.79 Å². The summed E-state index contributed by atoms with van der Waals surface area (Å²) in [5.74, 6) is 0.243. The number of rotatable bonds is 4. The Balaban J connectivity index is 1.63. The van der Waals surface area contributed by atoms with Gasteiger partial charge in [0.1, 0.15) is 16.8 Å². The van der Waals surface area contributed by atoms with Crippen molar-refractivity contribution >= 4 is 34.4 Å². The van der Waals surface area contributed by atoms with Crippen molar-refractivity contribution in [1.29, 1.82) is 5.26 Å². The van der Waals surface area contributed by atoms with Crippen molar-refractivity contribution in [1.82, 2.24) is 8.75 Å². The van der Waals surface area contributed by atoms with E-state index < -0.39 is 0 Å². The monoisotopic (exact) mass is 310 g/mol. The zero-order chi connectivity index (χ0) is 15.4. The lowest BCUT2D eigenvalue weighted by atomic mass is 10.2. The molecule has 0 aliphatic carbocycles. The van der Waals surface area contributed by atoms with Crippen molar-refractivity contribution in [3.05, 3.63) is 48.0 Å². The number of fused-ring (bicyclic) bond motifs is 1. The number of benzene rings is 2. The minimum Gasteiger partial charge on any atom is -0.484 e. The predicted octanol–water partition coefficient (Wildman–Crippen LogP) is 2.58. The number of anilines is 1. The van der Waals surface area contributed by atoms with Gasteiger partial charge in [0.15, 0.2) is 6.61 Å². The highest BCUT2D eigenvalue weighted by Crippen LogP contribution is 2.21. The summed E-state index contributed by atoms with van der Waals surface area (Å²) in [6, 6.07) is 14.0. The smallest absolute Gasteiger partial charge is 0.262 e. The molecule has 0 fully saturated rings. The van der Waals surface area contributed by atoms with E-state index >= 15 is 0 Å². The predicted molar refractivity (Wildman–Crippen MR) is 82.7 cm³/mol. The van der Waals surface area contributed by atoms with Gasteiger partial charge in [0.2, 0.25) is 0 Å². The normalized spacial score (nSPS) is 10.1. The minimum atomic E-state index is -0.287. The maximum absolute atomic E-state index is 11.9. The molecule has 0 unspecified atom stereocenters. The lowest BCUT2D eigenvalue weighted by molar-refractivity contribution is -0.118. The van der Waals surface area contributed by atoms with Crippen LogP contribution in [0.3, 0.4) is 0 Å². The number of nitrogens with one attached hydrogen (secondary N) is 1. The molecule has 0 saturated carbocycles. The standard InChI is InChI=1S/C15H10N4O2S/c16-8-10-4-6-11(7-5-10)21-9-14(20)17-12-2-1-3-13-15(12)19-22-18-13/h1-7H,9H2,(H,17,20). The highest BCUT2D eigenvalue weighted by molar-refractivity contribution is 7.00. The average molecular weight is 310 g/mol. The van der Waals surface area contributed by atoms with E-state index in [1.54, 1.807) is 36.4 Å². The SMILES string of the molecule is N#Cc1ccc(OCC(=O)Nc2cccc3nsnc23)cc1. The minimum absolute atomic E-state index is 0.125. The number of hydrogen-bond donors (Lipinski definition) is 1. The molecule has 2 aromatic carbocycles. The quantitative estimate of drug-likeness (QED) is 0.800. The van der Waals surface area contributed by atoms with Gasteiger partial charge in [-0.2, -0.15) is 14.0 Å². The summed E-state index contributed by atoms with van der Waals surface area (Å²) < 4.78 is 13.6. The molecule has 0 spiro atoms. The Morgan fingerprint density at radius 3 is 2.82 bits per heavy atom. The molecule has 0 radical (unpaired) electrons. The van der Waals surface area contributed by atoms with Crippen LogP contribution in [0.2, 0.25) is 0 Å². The van der Waals surface area contributed by atoms with Gasteiger partial charge in [-0.1, -0.05) is 6.07 Å². The third-order valence-corrected chi connectivity index (χ3v) is 3.46. The van der Waals surface area contributed by atoms with Crippen LogP contribution in [0, 0.1) is 11.3 Å². The first-order valence-electron chi connectivity index (χ1n) is 6.40. The molecule has 0 saturated heterocycles. The van der Waals surface area contributed by atoms with Gasteiger partial charge < -0.3 is 10.1 Å². The van der Waals surface area contributed by atoms with Crippen LogP contribution in [-0.2, 0) is 4.79 Å². The molecule has 108 valence electrons. The fourth-order valence-corrected chi connectivity index (χ4v) is 2.42. The summed E-state index contributed by atoms with van der Waals surface area (Å²) >= 11 is 1.10. The van der Waals surface area contributed by atoms with E-state index in [2.05, 4.69) is 14.1 Å². The number of hydrogen-bond acceptors (Lipinski definition) is 6. The highest BCUT2D eigenvalue weighted by atomic mass is 32.1. The van der Waals surface area contributed by atoms with Crippen molar-refractivity contribution in [2.24, 2.45) is 0 Å². The molecule has 1 N–H and O–H groups in total. The summed E-state index contributed by atoms with van der Waals surface area (Å²) in [5.41, 5.74) is 2.56. The van der Waals surface area contributed by atoms with Gasteiger partial charge in [0, 0.05) is 0 Å². The number of carbonyl (C=O) groups is 1. The number of nitriles is 1. The molecule has 0 atom stereocenters. The number of carbonyl (C=O) groups excluding carboxylic acids is 1. The topological polar surface area (TPSA) is 87.9 Å². The van der Waals surface area contributed by atoms with Crippen molar-refractivity contribution in [2.75, 3.05) is 11.9 Å². The van der Waals surface area contributed by atoms with Gasteiger partial charge >= 0.3 is 0 Å². The van der Waals surface area contributed by atoms with Gasteiger partial charge in [0.25, 0.3) is 5.91 Å². The van der Waals surface area contributed by atoms with E-state index in [1.807, 2.05) is 12.1 Å². The Kier molecular flexibility index (Phi) is 3.94. The Morgan fingerprint density at radius 2 is 2.05 bits per heavy atom. The Bertz CT molecular complexity index is 852. The zero-order valence-corrected chi connectivity index (χ0v) is 12.1. The summed E-state index contributed by atoms with van der Waals surface area (Å²) in [6.07, 6.45) is 0. The van der Waals surface area contributed by atoms with Crippen LogP contribution in [0.5, 0.6) is 5.75 Å². The molecule has 1 heterocycles. The molecule has 7 heteroatoms. The van der Waals surface area contributed by atoms with E-state index in [1.165, 1.54) is 0 Å². The van der Waals surface area contributed by atoms with Gasteiger partial charge in [0.05, 0.1) is 29.0 Å². The number of amides is 1. The highest BCUT2D eigenvalue weighted by Gasteiger charge is 2.09. The first kappa shape index (κ1) is 14.0. The second-order valence-corrected chi connectivity index (χ2v) is 4.94. The summed E-state index contributed by atoms with van der Waals surface area (Å²) in [7, 11) is 0. The average Bonchev–Trinajstić information content (AvgIpc) is 3.03. The van der Waals surface area contributed by atoms with Gasteiger partial charge in [-0.15, -0.1) is 0 Å². The van der Waals surface area contributed by atoms with E-state index in [4.69, 9.17) is 10.00 Å². The Hall–Kier alpha value is -2.98. The van der Waals surface area contributed by atoms with Gasteiger partial charge in [-0.05, 0) is 36.4 Å². The third kappa shape index (κ3) is 3.02. The maximum atomic E-state index is 11.9. The molecular weight excluding hydrogens is 300 g/mol. The molecule has 0 bridgehead atoms. The summed E-state index contributed by atoms with van der Waals surface area (Å²) in [5, 5.41) is 11.5. The Labute approximate surface area is 130 Å². The molecule has 3 aromatic rings. The van der Waals surface area contributed by atoms with Crippen LogP contribution in [0.1, 0.15) is 5.56 Å². The molecular formula is C15H10N4O2S. The molecule has 3 rings (SSSR count). The Morgan fingerprint density at radius 1 is 1.23 bits per heavy atom. The summed E-state index contributed by atoms with van der Waals surface area (Å²) in [4.78, 5) is 11.9. The van der Waals surface area contributed by atoms with Crippen LogP contribution < -0.4 is 10.1 Å². The van der Waals surface area contributed by atoms with Crippen LogP contribution in [0.25, 0.3) is 11.0 Å². The fraction of sp³-hybridized carbons (Fsp3) is 0.0667. The van der Waals surface area contributed by atoms with Gasteiger partial charge in [-0.3, -0.25) is 4.79 Å². The first-order valence-corrected chi connectivity index (χ1v) is 7.13. The molecule has 22 heavy (non-hydrogen) atoms. The lowest BCUT2D eigenvalue weighted by Crippen LogP contribution is -2.20. The van der Waals surface area contributed by atoms with Crippen molar-refractivity contribution in [3.63, 3.8) is 0 Å². The third-order valence-electron chi connectivity index (χ3n) is 2.91. The van der Waals surface area contributed by atoms with Crippen LogP contribution >= 0.6 is 11.7 Å².